The number of esters is 1. The molecule has 0 aromatic carbocycles. The summed E-state index contributed by atoms with van der Waals surface area (Å²) in [6.45, 7) is 9.70. The third kappa shape index (κ3) is 5.09. The molecule has 2 unspecified atom stereocenters. The van der Waals surface area contributed by atoms with Gasteiger partial charge in [0.05, 0.1) is 6.61 Å². The van der Waals surface area contributed by atoms with Crippen LogP contribution in [-0.4, -0.2) is 33.3 Å². The van der Waals surface area contributed by atoms with Crippen molar-refractivity contribution in [3.63, 3.8) is 0 Å². The second-order valence-electron chi connectivity index (χ2n) is 5.20. The first-order valence-electron chi connectivity index (χ1n) is 6.69. The minimum atomic E-state index is -0.985. The number of hydrogen-bond acceptors (Lipinski definition) is 6. The van der Waals surface area contributed by atoms with E-state index in [4.69, 9.17) is 10.5 Å². The van der Waals surface area contributed by atoms with Crippen LogP contribution in [0.3, 0.4) is 0 Å². The van der Waals surface area contributed by atoms with Crippen molar-refractivity contribution in [2.24, 2.45) is 5.73 Å². The lowest BCUT2D eigenvalue weighted by Crippen LogP contribution is -2.47. The molecule has 0 amide bonds. The van der Waals surface area contributed by atoms with Crippen molar-refractivity contribution in [2.45, 2.75) is 57.0 Å². The molecule has 112 valence electrons. The van der Waals surface area contributed by atoms with Crippen LogP contribution in [0.1, 0.15) is 38.6 Å². The Labute approximate surface area is 124 Å². The van der Waals surface area contributed by atoms with Gasteiger partial charge in [0, 0.05) is 16.6 Å². The van der Waals surface area contributed by atoms with Crippen LogP contribution in [0.25, 0.3) is 0 Å². The normalized spacial score (nSPS) is 15.5. The molecule has 0 aliphatic carbocycles. The molecule has 0 saturated heterocycles. The fraction of sp³-hybridized carbons (Fsp3) is 0.643. The van der Waals surface area contributed by atoms with Crippen molar-refractivity contribution in [2.75, 3.05) is 6.61 Å². The number of hydrogen-bond donors (Lipinski definition) is 1. The maximum atomic E-state index is 11.8. The average molecular weight is 297 g/mol. The van der Waals surface area contributed by atoms with Crippen LogP contribution >= 0.6 is 11.8 Å². The highest BCUT2D eigenvalue weighted by Crippen LogP contribution is 2.26. The van der Waals surface area contributed by atoms with Gasteiger partial charge in [-0.2, -0.15) is 0 Å². The molecule has 2 atom stereocenters. The van der Waals surface area contributed by atoms with Gasteiger partial charge in [-0.05, 0) is 40.2 Å². The zero-order valence-corrected chi connectivity index (χ0v) is 13.6. The van der Waals surface area contributed by atoms with Gasteiger partial charge in [-0.3, -0.25) is 4.79 Å². The van der Waals surface area contributed by atoms with Crippen LogP contribution in [0, 0.1) is 13.8 Å². The predicted octanol–water partition coefficient (Wildman–Crippen LogP) is 2.24. The lowest BCUT2D eigenvalue weighted by atomic mass is 9.98. The van der Waals surface area contributed by atoms with E-state index in [1.54, 1.807) is 13.8 Å². The lowest BCUT2D eigenvalue weighted by Gasteiger charge is -2.25. The molecule has 0 aliphatic rings. The first kappa shape index (κ1) is 16.9. The van der Waals surface area contributed by atoms with E-state index in [-0.39, 0.29) is 11.2 Å². The van der Waals surface area contributed by atoms with Crippen LogP contribution in [0.2, 0.25) is 0 Å². The number of nitrogens with zero attached hydrogens (tertiary/aromatic N) is 2. The second kappa shape index (κ2) is 7.04. The third-order valence-electron chi connectivity index (χ3n) is 2.72. The van der Waals surface area contributed by atoms with Crippen molar-refractivity contribution < 1.29 is 9.53 Å². The monoisotopic (exact) mass is 297 g/mol. The number of ether oxygens (including phenoxy) is 1. The van der Waals surface area contributed by atoms with Crippen molar-refractivity contribution in [3.05, 3.63) is 17.5 Å². The maximum Gasteiger partial charge on any atom is 0.325 e. The average Bonchev–Trinajstić information content (AvgIpc) is 2.26. The number of carbonyl (C=O) groups is 1. The number of nitrogens with two attached hydrogens (primary N) is 1. The fourth-order valence-electron chi connectivity index (χ4n) is 1.94. The number of aryl methyl sites for hydroxylation is 2. The van der Waals surface area contributed by atoms with Gasteiger partial charge in [-0.1, -0.05) is 18.7 Å². The highest BCUT2D eigenvalue weighted by Gasteiger charge is 2.32. The predicted molar refractivity (Wildman–Crippen MR) is 80.7 cm³/mol. The second-order valence-corrected chi connectivity index (χ2v) is 6.61. The summed E-state index contributed by atoms with van der Waals surface area (Å²) in [7, 11) is 0. The highest BCUT2D eigenvalue weighted by atomic mass is 32.2. The SMILES string of the molecule is CCOC(=O)C(C)(N)CC(C)Sc1nc(C)cc(C)n1. The standard InChI is InChI=1S/C14H23N3O2S/c1-6-19-12(18)14(5,15)8-11(4)20-13-16-9(2)7-10(3)17-13/h7,11H,6,8,15H2,1-5H3. The number of aromatic nitrogens is 2. The van der Waals surface area contributed by atoms with Gasteiger partial charge in [-0.15, -0.1) is 0 Å². The fourth-order valence-corrected chi connectivity index (χ4v) is 3.13. The van der Waals surface area contributed by atoms with Gasteiger partial charge in [0.25, 0.3) is 0 Å². The zero-order valence-electron chi connectivity index (χ0n) is 12.8. The van der Waals surface area contributed by atoms with E-state index in [1.807, 2.05) is 26.8 Å². The van der Waals surface area contributed by atoms with Crippen LogP contribution < -0.4 is 5.73 Å². The first-order valence-corrected chi connectivity index (χ1v) is 7.57. The maximum absolute atomic E-state index is 11.8. The van der Waals surface area contributed by atoms with Gasteiger partial charge in [0.1, 0.15) is 5.54 Å². The molecule has 0 saturated carbocycles. The van der Waals surface area contributed by atoms with Crippen LogP contribution in [0.4, 0.5) is 0 Å². The van der Waals surface area contributed by atoms with Gasteiger partial charge >= 0.3 is 5.97 Å². The van der Waals surface area contributed by atoms with Crippen molar-refractivity contribution in [1.82, 2.24) is 9.97 Å². The van der Waals surface area contributed by atoms with Gasteiger partial charge in [0.2, 0.25) is 0 Å². The summed E-state index contributed by atoms with van der Waals surface area (Å²) in [5.41, 5.74) is 6.92. The molecule has 0 spiro atoms. The Bertz CT molecular complexity index is 457. The minimum absolute atomic E-state index is 0.121. The third-order valence-corrected chi connectivity index (χ3v) is 3.68. The Morgan fingerprint density at radius 3 is 2.50 bits per heavy atom. The Balaban J connectivity index is 2.67. The summed E-state index contributed by atoms with van der Waals surface area (Å²) >= 11 is 1.52. The van der Waals surface area contributed by atoms with E-state index in [0.29, 0.717) is 13.0 Å². The van der Waals surface area contributed by atoms with E-state index < -0.39 is 5.54 Å². The molecule has 20 heavy (non-hydrogen) atoms. The van der Waals surface area contributed by atoms with Crippen LogP contribution in [0.5, 0.6) is 0 Å². The Kier molecular flexibility index (Phi) is 5.95. The molecule has 0 radical (unpaired) electrons. The van der Waals surface area contributed by atoms with Gasteiger partial charge < -0.3 is 10.5 Å². The Hall–Kier alpha value is -1.14. The van der Waals surface area contributed by atoms with Crippen molar-refractivity contribution >= 4 is 17.7 Å². The molecule has 1 heterocycles. The Morgan fingerprint density at radius 2 is 2.00 bits per heavy atom. The first-order chi connectivity index (χ1) is 9.24. The van der Waals surface area contributed by atoms with Crippen LogP contribution in [0.15, 0.2) is 11.2 Å². The topological polar surface area (TPSA) is 78.1 Å². The minimum Gasteiger partial charge on any atom is -0.465 e. The molecular formula is C14H23N3O2S. The Morgan fingerprint density at radius 1 is 1.45 bits per heavy atom. The molecule has 0 bridgehead atoms. The van der Waals surface area contributed by atoms with Gasteiger partial charge in [-0.25, -0.2) is 9.97 Å². The molecule has 2 N–H and O–H groups in total. The number of rotatable bonds is 6. The van der Waals surface area contributed by atoms with E-state index >= 15 is 0 Å². The smallest absolute Gasteiger partial charge is 0.325 e. The molecule has 0 aliphatic heterocycles. The largest absolute Gasteiger partial charge is 0.465 e. The summed E-state index contributed by atoms with van der Waals surface area (Å²) in [4.78, 5) is 20.5. The van der Waals surface area contributed by atoms with E-state index in [9.17, 15) is 4.79 Å². The summed E-state index contributed by atoms with van der Waals surface area (Å²) in [6.07, 6.45) is 0.507. The zero-order chi connectivity index (χ0) is 15.3. The molecule has 6 heteroatoms. The summed E-state index contributed by atoms with van der Waals surface area (Å²) in [6, 6.07) is 1.93. The quantitative estimate of drug-likeness (QED) is 0.493. The number of thioether (sulfide) groups is 1. The summed E-state index contributed by atoms with van der Waals surface area (Å²) in [5.74, 6) is -0.367. The summed E-state index contributed by atoms with van der Waals surface area (Å²) < 4.78 is 4.99. The van der Waals surface area contributed by atoms with E-state index in [0.717, 1.165) is 16.5 Å². The molecule has 1 aromatic rings. The van der Waals surface area contributed by atoms with Crippen molar-refractivity contribution in [3.8, 4) is 0 Å². The molecule has 1 aromatic heterocycles. The molecule has 0 fully saturated rings. The van der Waals surface area contributed by atoms with Crippen molar-refractivity contribution in [1.29, 1.82) is 0 Å². The van der Waals surface area contributed by atoms with E-state index in [2.05, 4.69) is 9.97 Å². The van der Waals surface area contributed by atoms with Crippen LogP contribution in [-0.2, 0) is 9.53 Å². The molecule has 1 rings (SSSR count). The summed E-state index contributed by atoms with van der Waals surface area (Å²) in [5, 5.41) is 0.838. The van der Waals surface area contributed by atoms with E-state index in [1.165, 1.54) is 11.8 Å². The highest BCUT2D eigenvalue weighted by molar-refractivity contribution is 7.99. The molecule has 5 nitrogen and oxygen atoms in total. The lowest BCUT2D eigenvalue weighted by molar-refractivity contribution is -0.149. The molecular weight excluding hydrogens is 274 g/mol. The van der Waals surface area contributed by atoms with Gasteiger partial charge in [0.15, 0.2) is 5.16 Å². The number of carbonyl (C=O) groups excluding carboxylic acids is 1.